The second-order valence-electron chi connectivity index (χ2n) is 4.61. The number of amides is 1. The number of hydrogen-bond acceptors (Lipinski definition) is 3. The number of carbonyl (C=O) groups is 1. The van der Waals surface area contributed by atoms with Gasteiger partial charge in [-0.15, -0.1) is 0 Å². The summed E-state index contributed by atoms with van der Waals surface area (Å²) in [6.07, 6.45) is 3.91. The first-order valence-electron chi connectivity index (χ1n) is 6.04. The average molecular weight is 211 g/mol. The van der Waals surface area contributed by atoms with Crippen molar-refractivity contribution in [2.24, 2.45) is 5.92 Å². The average Bonchev–Trinajstić information content (AvgIpc) is 3.03. The Morgan fingerprint density at radius 3 is 2.73 bits per heavy atom. The first kappa shape index (κ1) is 10.9. The quantitative estimate of drug-likeness (QED) is 0.662. The highest BCUT2D eigenvalue weighted by Crippen LogP contribution is 2.31. The Balaban J connectivity index is 1.54. The first-order valence-corrected chi connectivity index (χ1v) is 6.04. The molecule has 1 aliphatic carbocycles. The molecular formula is C11H21N3O. The molecule has 0 bridgehead atoms. The lowest BCUT2D eigenvalue weighted by molar-refractivity contribution is -0.122. The van der Waals surface area contributed by atoms with Gasteiger partial charge in [-0.1, -0.05) is 12.8 Å². The van der Waals surface area contributed by atoms with Gasteiger partial charge in [0.15, 0.2) is 0 Å². The summed E-state index contributed by atoms with van der Waals surface area (Å²) in [5.41, 5.74) is 0. The largest absolute Gasteiger partial charge is 0.355 e. The van der Waals surface area contributed by atoms with Crippen molar-refractivity contribution < 1.29 is 4.79 Å². The lowest BCUT2D eigenvalue weighted by Gasteiger charge is -2.26. The Labute approximate surface area is 91.4 Å². The van der Waals surface area contributed by atoms with Gasteiger partial charge in [-0.2, -0.15) is 0 Å². The third kappa shape index (κ3) is 4.18. The third-order valence-electron chi connectivity index (χ3n) is 3.15. The van der Waals surface area contributed by atoms with E-state index in [1.807, 2.05) is 0 Å². The summed E-state index contributed by atoms with van der Waals surface area (Å²) in [5, 5.41) is 6.28. The van der Waals surface area contributed by atoms with Crippen LogP contribution in [0.2, 0.25) is 0 Å². The molecule has 86 valence electrons. The van der Waals surface area contributed by atoms with Gasteiger partial charge in [0, 0.05) is 32.7 Å². The van der Waals surface area contributed by atoms with E-state index in [9.17, 15) is 4.79 Å². The molecule has 2 rings (SSSR count). The molecule has 4 heteroatoms. The van der Waals surface area contributed by atoms with E-state index in [-0.39, 0.29) is 5.91 Å². The van der Waals surface area contributed by atoms with Gasteiger partial charge in [-0.05, 0) is 12.3 Å². The fourth-order valence-electron chi connectivity index (χ4n) is 1.95. The van der Waals surface area contributed by atoms with E-state index in [2.05, 4.69) is 15.5 Å². The van der Waals surface area contributed by atoms with Crippen molar-refractivity contribution in [2.45, 2.75) is 19.3 Å². The van der Waals surface area contributed by atoms with Crippen molar-refractivity contribution in [3.8, 4) is 0 Å². The Hall–Kier alpha value is -0.610. The lowest BCUT2D eigenvalue weighted by atomic mass is 10.3. The zero-order valence-corrected chi connectivity index (χ0v) is 9.30. The molecule has 15 heavy (non-hydrogen) atoms. The van der Waals surface area contributed by atoms with Gasteiger partial charge in [-0.3, -0.25) is 9.69 Å². The molecule has 0 atom stereocenters. The SMILES string of the molecule is O=C(CN1CCNCC1)NCCC1CC1. The van der Waals surface area contributed by atoms with Gasteiger partial charge in [0.2, 0.25) is 5.91 Å². The Kier molecular flexibility index (Phi) is 3.97. The van der Waals surface area contributed by atoms with Crippen LogP contribution in [0.25, 0.3) is 0 Å². The highest BCUT2D eigenvalue weighted by atomic mass is 16.2. The van der Waals surface area contributed by atoms with Gasteiger partial charge in [0.25, 0.3) is 0 Å². The van der Waals surface area contributed by atoms with Crippen molar-refractivity contribution >= 4 is 5.91 Å². The molecule has 1 heterocycles. The highest BCUT2D eigenvalue weighted by molar-refractivity contribution is 5.77. The molecule has 4 nitrogen and oxygen atoms in total. The van der Waals surface area contributed by atoms with E-state index < -0.39 is 0 Å². The number of carbonyl (C=O) groups excluding carboxylic acids is 1. The molecule has 1 amide bonds. The van der Waals surface area contributed by atoms with Crippen LogP contribution >= 0.6 is 0 Å². The Morgan fingerprint density at radius 2 is 2.07 bits per heavy atom. The van der Waals surface area contributed by atoms with Crippen molar-refractivity contribution in [1.29, 1.82) is 0 Å². The van der Waals surface area contributed by atoms with Crippen LogP contribution in [0.1, 0.15) is 19.3 Å². The molecule has 0 aromatic carbocycles. The van der Waals surface area contributed by atoms with Crippen LogP contribution < -0.4 is 10.6 Å². The molecule has 0 aromatic rings. The van der Waals surface area contributed by atoms with Gasteiger partial charge >= 0.3 is 0 Å². The number of hydrogen-bond donors (Lipinski definition) is 2. The van der Waals surface area contributed by atoms with Crippen LogP contribution in [0.15, 0.2) is 0 Å². The zero-order chi connectivity index (χ0) is 10.5. The molecule has 0 radical (unpaired) electrons. The van der Waals surface area contributed by atoms with Crippen molar-refractivity contribution in [3.63, 3.8) is 0 Å². The molecule has 0 unspecified atom stereocenters. The Bertz CT molecular complexity index is 210. The van der Waals surface area contributed by atoms with E-state index in [1.54, 1.807) is 0 Å². The van der Waals surface area contributed by atoms with Gasteiger partial charge < -0.3 is 10.6 Å². The summed E-state index contributed by atoms with van der Waals surface area (Å²) in [5.74, 6) is 1.10. The molecule has 2 N–H and O–H groups in total. The molecule has 1 saturated heterocycles. The van der Waals surface area contributed by atoms with Crippen LogP contribution in [0.4, 0.5) is 0 Å². The molecule has 2 fully saturated rings. The monoisotopic (exact) mass is 211 g/mol. The number of rotatable bonds is 5. The number of piperazine rings is 1. The summed E-state index contributed by atoms with van der Waals surface area (Å²) in [6, 6.07) is 0. The fraction of sp³-hybridized carbons (Fsp3) is 0.909. The summed E-state index contributed by atoms with van der Waals surface area (Å²) in [6.45, 7) is 5.46. The van der Waals surface area contributed by atoms with E-state index in [4.69, 9.17) is 0 Å². The van der Waals surface area contributed by atoms with Crippen LogP contribution in [0, 0.1) is 5.92 Å². The van der Waals surface area contributed by atoms with Crippen LogP contribution in [0.5, 0.6) is 0 Å². The van der Waals surface area contributed by atoms with E-state index in [0.717, 1.165) is 38.6 Å². The van der Waals surface area contributed by atoms with E-state index >= 15 is 0 Å². The smallest absolute Gasteiger partial charge is 0.234 e. The summed E-state index contributed by atoms with van der Waals surface area (Å²) >= 11 is 0. The molecule has 1 saturated carbocycles. The summed E-state index contributed by atoms with van der Waals surface area (Å²) < 4.78 is 0. The predicted molar refractivity (Wildman–Crippen MR) is 59.7 cm³/mol. The van der Waals surface area contributed by atoms with Crippen LogP contribution in [-0.4, -0.2) is 50.1 Å². The normalized spacial score (nSPS) is 22.7. The zero-order valence-electron chi connectivity index (χ0n) is 9.30. The molecule has 0 aromatic heterocycles. The van der Waals surface area contributed by atoms with Crippen molar-refractivity contribution in [3.05, 3.63) is 0 Å². The maximum absolute atomic E-state index is 11.5. The van der Waals surface area contributed by atoms with E-state index in [0.29, 0.717) is 6.54 Å². The second-order valence-corrected chi connectivity index (χ2v) is 4.61. The first-order chi connectivity index (χ1) is 7.34. The molecule has 1 aliphatic heterocycles. The van der Waals surface area contributed by atoms with Gasteiger partial charge in [-0.25, -0.2) is 0 Å². The van der Waals surface area contributed by atoms with E-state index in [1.165, 1.54) is 19.3 Å². The minimum Gasteiger partial charge on any atom is -0.355 e. The molecular weight excluding hydrogens is 190 g/mol. The number of nitrogens with one attached hydrogen (secondary N) is 2. The van der Waals surface area contributed by atoms with Crippen molar-refractivity contribution in [1.82, 2.24) is 15.5 Å². The van der Waals surface area contributed by atoms with Gasteiger partial charge in [0.05, 0.1) is 6.54 Å². The highest BCUT2D eigenvalue weighted by Gasteiger charge is 2.20. The summed E-state index contributed by atoms with van der Waals surface area (Å²) in [4.78, 5) is 13.8. The van der Waals surface area contributed by atoms with Gasteiger partial charge in [0.1, 0.15) is 0 Å². The lowest BCUT2D eigenvalue weighted by Crippen LogP contribution is -2.47. The maximum Gasteiger partial charge on any atom is 0.234 e. The second kappa shape index (κ2) is 5.47. The third-order valence-corrected chi connectivity index (χ3v) is 3.15. The van der Waals surface area contributed by atoms with Crippen LogP contribution in [0.3, 0.4) is 0 Å². The minimum absolute atomic E-state index is 0.192. The summed E-state index contributed by atoms with van der Waals surface area (Å²) in [7, 11) is 0. The topological polar surface area (TPSA) is 44.4 Å². The van der Waals surface area contributed by atoms with Crippen molar-refractivity contribution in [2.75, 3.05) is 39.3 Å². The number of nitrogens with zero attached hydrogens (tertiary/aromatic N) is 1. The standard InChI is InChI=1S/C11H21N3O/c15-11(13-4-3-10-1-2-10)9-14-7-5-12-6-8-14/h10,12H,1-9H2,(H,13,15). The fourth-order valence-corrected chi connectivity index (χ4v) is 1.95. The van der Waals surface area contributed by atoms with Crippen LogP contribution in [-0.2, 0) is 4.79 Å². The molecule has 0 spiro atoms. The minimum atomic E-state index is 0.192. The maximum atomic E-state index is 11.5. The predicted octanol–water partition coefficient (Wildman–Crippen LogP) is -0.192. The Morgan fingerprint density at radius 1 is 1.33 bits per heavy atom. The molecule has 2 aliphatic rings.